The fourth-order valence-electron chi connectivity index (χ4n) is 1.74. The van der Waals surface area contributed by atoms with Crippen molar-refractivity contribution in [3.63, 3.8) is 0 Å². The molecular formula is C11H9ClN2. The lowest BCUT2D eigenvalue weighted by molar-refractivity contribution is 0.970. The smallest absolute Gasteiger partial charge is 0.117 e. The van der Waals surface area contributed by atoms with E-state index in [1.165, 1.54) is 5.56 Å². The van der Waals surface area contributed by atoms with Gasteiger partial charge in [0.2, 0.25) is 0 Å². The Balaban J connectivity index is 2.49. The van der Waals surface area contributed by atoms with Gasteiger partial charge >= 0.3 is 0 Å². The van der Waals surface area contributed by atoms with Gasteiger partial charge in [0.05, 0.1) is 10.7 Å². The molecule has 1 aliphatic rings. The highest BCUT2D eigenvalue weighted by atomic mass is 35.5. The van der Waals surface area contributed by atoms with Crippen LogP contribution in [-0.4, -0.2) is 6.54 Å². The molecule has 1 aromatic carbocycles. The highest BCUT2D eigenvalue weighted by Crippen LogP contribution is 2.36. The Morgan fingerprint density at radius 2 is 2.36 bits per heavy atom. The molecular weight excluding hydrogens is 196 g/mol. The van der Waals surface area contributed by atoms with Gasteiger partial charge in [-0.1, -0.05) is 30.3 Å². The van der Waals surface area contributed by atoms with Gasteiger partial charge < -0.3 is 4.90 Å². The maximum absolute atomic E-state index is 8.78. The molecule has 3 heteroatoms. The third-order valence-corrected chi connectivity index (χ3v) is 2.70. The number of benzene rings is 1. The molecule has 0 aliphatic carbocycles. The standard InChI is InChI=1S/C11H9ClN2/c1-8(7-13)14-6-5-9-3-2-4-10(12)11(9)14/h2-4H,1,5-6H2. The number of anilines is 1. The predicted molar refractivity (Wildman–Crippen MR) is 57.3 cm³/mol. The minimum atomic E-state index is 0.455. The minimum absolute atomic E-state index is 0.455. The van der Waals surface area contributed by atoms with Gasteiger partial charge in [-0.05, 0) is 18.1 Å². The first kappa shape index (κ1) is 9.11. The molecule has 0 unspecified atom stereocenters. The number of hydrogen-bond acceptors (Lipinski definition) is 2. The molecule has 2 nitrogen and oxygen atoms in total. The molecule has 0 aromatic heterocycles. The number of hydrogen-bond donors (Lipinski definition) is 0. The van der Waals surface area contributed by atoms with Gasteiger partial charge in [0, 0.05) is 6.54 Å². The summed E-state index contributed by atoms with van der Waals surface area (Å²) in [6, 6.07) is 7.85. The Hall–Kier alpha value is -1.46. The molecule has 1 heterocycles. The van der Waals surface area contributed by atoms with Gasteiger partial charge in [-0.15, -0.1) is 0 Å². The Kier molecular flexibility index (Phi) is 2.18. The maximum atomic E-state index is 8.78. The number of fused-ring (bicyclic) bond motifs is 1. The number of para-hydroxylation sites is 1. The van der Waals surface area contributed by atoms with Crippen molar-refractivity contribution < 1.29 is 0 Å². The molecule has 0 N–H and O–H groups in total. The Morgan fingerprint density at radius 3 is 3.07 bits per heavy atom. The average molecular weight is 205 g/mol. The van der Waals surface area contributed by atoms with Crippen LogP contribution in [0.3, 0.4) is 0 Å². The van der Waals surface area contributed by atoms with Crippen molar-refractivity contribution in [2.24, 2.45) is 0 Å². The van der Waals surface area contributed by atoms with Gasteiger partial charge in [0.15, 0.2) is 0 Å². The molecule has 0 bridgehead atoms. The number of nitriles is 1. The predicted octanol–water partition coefficient (Wildman–Crippen LogP) is 2.74. The zero-order valence-corrected chi connectivity index (χ0v) is 8.38. The molecule has 0 amide bonds. The van der Waals surface area contributed by atoms with Crippen LogP contribution in [0.2, 0.25) is 5.02 Å². The van der Waals surface area contributed by atoms with Crippen LogP contribution in [0.25, 0.3) is 0 Å². The fraction of sp³-hybridized carbons (Fsp3) is 0.182. The van der Waals surface area contributed by atoms with E-state index in [0.29, 0.717) is 10.7 Å². The first-order valence-electron chi connectivity index (χ1n) is 4.38. The summed E-state index contributed by atoms with van der Waals surface area (Å²) in [5.41, 5.74) is 2.59. The first-order valence-corrected chi connectivity index (χ1v) is 4.76. The summed E-state index contributed by atoms with van der Waals surface area (Å²) in [6.07, 6.45) is 0.927. The highest BCUT2D eigenvalue weighted by Gasteiger charge is 2.23. The zero-order valence-electron chi connectivity index (χ0n) is 7.63. The van der Waals surface area contributed by atoms with Gasteiger partial charge in [-0.25, -0.2) is 0 Å². The SMILES string of the molecule is C=C(C#N)N1CCc2cccc(Cl)c21. The van der Waals surface area contributed by atoms with Crippen molar-refractivity contribution in [2.45, 2.75) is 6.42 Å². The summed E-state index contributed by atoms with van der Waals surface area (Å²) in [7, 11) is 0. The van der Waals surface area contributed by atoms with Crippen LogP contribution in [0.15, 0.2) is 30.5 Å². The summed E-state index contributed by atoms with van der Waals surface area (Å²) in [6.45, 7) is 4.50. The maximum Gasteiger partial charge on any atom is 0.117 e. The van der Waals surface area contributed by atoms with Crippen LogP contribution < -0.4 is 4.90 Å². The normalized spacial score (nSPS) is 13.6. The van der Waals surface area contributed by atoms with E-state index >= 15 is 0 Å². The second-order valence-corrected chi connectivity index (χ2v) is 3.61. The second kappa shape index (κ2) is 3.36. The quantitative estimate of drug-likeness (QED) is 0.658. The summed E-state index contributed by atoms with van der Waals surface area (Å²) >= 11 is 6.07. The van der Waals surface area contributed by atoms with Crippen molar-refractivity contribution in [1.29, 1.82) is 5.26 Å². The molecule has 0 spiro atoms. The van der Waals surface area contributed by atoms with E-state index in [0.717, 1.165) is 18.7 Å². The van der Waals surface area contributed by atoms with E-state index in [1.807, 2.05) is 29.2 Å². The van der Waals surface area contributed by atoms with Crippen molar-refractivity contribution in [3.8, 4) is 6.07 Å². The van der Waals surface area contributed by atoms with E-state index < -0.39 is 0 Å². The third kappa shape index (κ3) is 1.26. The van der Waals surface area contributed by atoms with E-state index in [9.17, 15) is 0 Å². The second-order valence-electron chi connectivity index (χ2n) is 3.21. The highest BCUT2D eigenvalue weighted by molar-refractivity contribution is 6.33. The molecule has 2 rings (SSSR count). The van der Waals surface area contributed by atoms with Crippen LogP contribution >= 0.6 is 11.6 Å². The summed E-state index contributed by atoms with van der Waals surface area (Å²) in [5, 5.41) is 9.47. The largest absolute Gasteiger partial charge is 0.332 e. The lowest BCUT2D eigenvalue weighted by Crippen LogP contribution is -2.17. The molecule has 1 aliphatic heterocycles. The van der Waals surface area contributed by atoms with E-state index in [2.05, 4.69) is 6.58 Å². The zero-order chi connectivity index (χ0) is 10.1. The van der Waals surface area contributed by atoms with E-state index in [4.69, 9.17) is 16.9 Å². The van der Waals surface area contributed by atoms with Crippen molar-refractivity contribution in [1.82, 2.24) is 0 Å². The molecule has 0 atom stereocenters. The summed E-state index contributed by atoms with van der Waals surface area (Å²) < 4.78 is 0. The van der Waals surface area contributed by atoms with Crippen molar-refractivity contribution >= 4 is 17.3 Å². The Morgan fingerprint density at radius 1 is 1.57 bits per heavy atom. The van der Waals surface area contributed by atoms with Crippen molar-refractivity contribution in [3.05, 3.63) is 41.1 Å². The van der Waals surface area contributed by atoms with Crippen LogP contribution in [-0.2, 0) is 6.42 Å². The first-order chi connectivity index (χ1) is 6.74. The monoisotopic (exact) mass is 204 g/mol. The summed E-state index contributed by atoms with van der Waals surface area (Å²) in [5.74, 6) is 0. The molecule has 0 saturated heterocycles. The number of rotatable bonds is 1. The number of halogens is 1. The molecule has 0 saturated carbocycles. The average Bonchev–Trinajstić information content (AvgIpc) is 2.62. The lowest BCUT2D eigenvalue weighted by atomic mass is 10.2. The fourth-order valence-corrected chi connectivity index (χ4v) is 2.03. The Bertz CT molecular complexity index is 431. The number of nitrogens with zero attached hydrogens (tertiary/aromatic N) is 2. The third-order valence-electron chi connectivity index (χ3n) is 2.40. The Labute approximate surface area is 88.0 Å². The molecule has 70 valence electrons. The van der Waals surface area contributed by atoms with Crippen LogP contribution in [0, 0.1) is 11.3 Å². The topological polar surface area (TPSA) is 27.0 Å². The van der Waals surface area contributed by atoms with Gasteiger partial charge in [-0.3, -0.25) is 0 Å². The van der Waals surface area contributed by atoms with Gasteiger partial charge in [0.1, 0.15) is 11.8 Å². The van der Waals surface area contributed by atoms with Gasteiger partial charge in [-0.2, -0.15) is 5.26 Å². The lowest BCUT2D eigenvalue weighted by Gasteiger charge is -2.17. The molecule has 0 radical (unpaired) electrons. The minimum Gasteiger partial charge on any atom is -0.332 e. The van der Waals surface area contributed by atoms with Crippen molar-refractivity contribution in [2.75, 3.05) is 11.4 Å². The molecule has 14 heavy (non-hydrogen) atoms. The summed E-state index contributed by atoms with van der Waals surface area (Å²) in [4.78, 5) is 1.87. The number of allylic oxidation sites excluding steroid dienone is 1. The van der Waals surface area contributed by atoms with Crippen LogP contribution in [0.5, 0.6) is 0 Å². The van der Waals surface area contributed by atoms with E-state index in [-0.39, 0.29) is 0 Å². The molecule has 1 aromatic rings. The van der Waals surface area contributed by atoms with Gasteiger partial charge in [0.25, 0.3) is 0 Å². The van der Waals surface area contributed by atoms with E-state index in [1.54, 1.807) is 0 Å². The van der Waals surface area contributed by atoms with Crippen LogP contribution in [0.1, 0.15) is 5.56 Å². The molecule has 0 fully saturated rings. The van der Waals surface area contributed by atoms with Crippen LogP contribution in [0.4, 0.5) is 5.69 Å².